The van der Waals surface area contributed by atoms with Crippen molar-refractivity contribution in [3.8, 4) is 5.75 Å². The Balaban J connectivity index is 2.36. The molecule has 0 aliphatic carbocycles. The van der Waals surface area contributed by atoms with Gasteiger partial charge < -0.3 is 14.4 Å². The molecular weight excluding hydrogens is 454 g/mol. The van der Waals surface area contributed by atoms with Crippen molar-refractivity contribution in [1.29, 1.82) is 0 Å². The Morgan fingerprint density at radius 1 is 1.00 bits per heavy atom. The normalized spacial score (nSPS) is 11.5. The van der Waals surface area contributed by atoms with Crippen LogP contribution in [0.2, 0.25) is 0 Å². The van der Waals surface area contributed by atoms with Gasteiger partial charge in [0, 0.05) is 26.6 Å². The molecule has 182 valence electrons. The summed E-state index contributed by atoms with van der Waals surface area (Å²) in [6.45, 7) is 2.83. The molecule has 0 aromatic heterocycles. The minimum Gasteiger partial charge on any atom is -0.497 e. The third kappa shape index (κ3) is 7.13. The number of ether oxygens (including phenoxy) is 2. The van der Waals surface area contributed by atoms with Gasteiger partial charge in [-0.25, -0.2) is 17.2 Å². The average molecular weight is 485 g/mol. The molecule has 0 bridgehead atoms. The zero-order chi connectivity index (χ0) is 24.6. The van der Waals surface area contributed by atoms with Gasteiger partial charge in [0.15, 0.2) is 0 Å². The van der Waals surface area contributed by atoms with Crippen LogP contribution in [0.4, 0.5) is 14.5 Å². The fraction of sp³-hybridized carbons (Fsp3) is 0.435. The van der Waals surface area contributed by atoms with Crippen LogP contribution in [0.1, 0.15) is 17.5 Å². The van der Waals surface area contributed by atoms with Crippen LogP contribution in [-0.2, 0) is 19.6 Å². The summed E-state index contributed by atoms with van der Waals surface area (Å²) in [5.41, 5.74) is 2.09. The molecule has 33 heavy (non-hydrogen) atoms. The van der Waals surface area contributed by atoms with Gasteiger partial charge in [-0.05, 0) is 61.4 Å². The molecule has 0 saturated carbocycles. The molecule has 0 heterocycles. The Morgan fingerprint density at radius 3 is 2.21 bits per heavy atom. The highest BCUT2D eigenvalue weighted by molar-refractivity contribution is 7.92. The van der Waals surface area contributed by atoms with Gasteiger partial charge in [0.2, 0.25) is 5.91 Å². The SMILES string of the molecule is COCCN(CC(F)F)C(=O)CCN(c1ccc(OC)cc1)S(=O)(=O)c1ccc(C)c(C)c1. The number of carbonyl (C=O) groups excluding carboxylic acids is 1. The fourth-order valence-corrected chi connectivity index (χ4v) is 4.73. The maximum absolute atomic E-state index is 13.5. The molecule has 0 saturated heterocycles. The minimum atomic E-state index is -4.03. The summed E-state index contributed by atoms with van der Waals surface area (Å²) in [4.78, 5) is 13.7. The smallest absolute Gasteiger partial charge is 0.264 e. The van der Waals surface area contributed by atoms with Gasteiger partial charge in [-0.15, -0.1) is 0 Å². The maximum atomic E-state index is 13.5. The highest BCUT2D eigenvalue weighted by atomic mass is 32.2. The Bertz CT molecular complexity index is 1030. The van der Waals surface area contributed by atoms with Crippen LogP contribution >= 0.6 is 0 Å². The largest absolute Gasteiger partial charge is 0.497 e. The van der Waals surface area contributed by atoms with Crippen molar-refractivity contribution in [2.75, 3.05) is 44.8 Å². The monoisotopic (exact) mass is 484 g/mol. The number of rotatable bonds is 12. The summed E-state index contributed by atoms with van der Waals surface area (Å²) in [5, 5.41) is 0. The van der Waals surface area contributed by atoms with E-state index in [0.29, 0.717) is 11.4 Å². The molecule has 2 rings (SSSR count). The topological polar surface area (TPSA) is 76.2 Å². The van der Waals surface area contributed by atoms with Crippen molar-refractivity contribution in [3.63, 3.8) is 0 Å². The van der Waals surface area contributed by atoms with Crippen molar-refractivity contribution in [2.24, 2.45) is 0 Å². The highest BCUT2D eigenvalue weighted by Gasteiger charge is 2.27. The second kappa shape index (κ2) is 11.9. The number of alkyl halides is 2. The van der Waals surface area contributed by atoms with Crippen LogP contribution in [0.25, 0.3) is 0 Å². The number of hydrogen-bond donors (Lipinski definition) is 0. The second-order valence-corrected chi connectivity index (χ2v) is 9.36. The Hall–Kier alpha value is -2.72. The van der Waals surface area contributed by atoms with E-state index in [9.17, 15) is 22.0 Å². The number of benzene rings is 2. The predicted octanol–water partition coefficient (Wildman–Crippen LogP) is 3.64. The zero-order valence-electron chi connectivity index (χ0n) is 19.3. The van der Waals surface area contributed by atoms with Gasteiger partial charge in [0.1, 0.15) is 5.75 Å². The lowest BCUT2D eigenvalue weighted by Crippen LogP contribution is -2.40. The van der Waals surface area contributed by atoms with Crippen molar-refractivity contribution in [2.45, 2.75) is 31.6 Å². The number of anilines is 1. The van der Waals surface area contributed by atoms with E-state index in [2.05, 4.69) is 0 Å². The Labute approximate surface area is 194 Å². The van der Waals surface area contributed by atoms with Crippen molar-refractivity contribution in [3.05, 3.63) is 53.6 Å². The van der Waals surface area contributed by atoms with E-state index < -0.39 is 28.9 Å². The molecular formula is C23H30F2N2O5S. The Morgan fingerprint density at radius 2 is 1.67 bits per heavy atom. The molecule has 0 N–H and O–H groups in total. The van der Waals surface area contributed by atoms with Crippen molar-refractivity contribution >= 4 is 21.6 Å². The molecule has 10 heteroatoms. The predicted molar refractivity (Wildman–Crippen MR) is 123 cm³/mol. The van der Waals surface area contributed by atoms with Crippen LogP contribution in [0.5, 0.6) is 5.75 Å². The number of methoxy groups -OCH3 is 2. The lowest BCUT2D eigenvalue weighted by molar-refractivity contribution is -0.133. The third-order valence-electron chi connectivity index (χ3n) is 5.23. The van der Waals surface area contributed by atoms with Gasteiger partial charge in [-0.3, -0.25) is 9.10 Å². The first-order chi connectivity index (χ1) is 15.6. The molecule has 0 aliphatic rings. The lowest BCUT2D eigenvalue weighted by atomic mass is 10.1. The summed E-state index contributed by atoms with van der Waals surface area (Å²) in [7, 11) is -1.12. The van der Waals surface area contributed by atoms with Crippen LogP contribution in [0.15, 0.2) is 47.4 Å². The molecule has 0 radical (unpaired) electrons. The lowest BCUT2D eigenvalue weighted by Gasteiger charge is -2.27. The first-order valence-electron chi connectivity index (χ1n) is 10.4. The van der Waals surface area contributed by atoms with E-state index in [1.807, 2.05) is 13.8 Å². The van der Waals surface area contributed by atoms with Gasteiger partial charge in [-0.2, -0.15) is 0 Å². The average Bonchev–Trinajstić information content (AvgIpc) is 2.78. The second-order valence-electron chi connectivity index (χ2n) is 7.49. The maximum Gasteiger partial charge on any atom is 0.264 e. The number of amides is 1. The van der Waals surface area contributed by atoms with Gasteiger partial charge >= 0.3 is 0 Å². The van der Waals surface area contributed by atoms with E-state index in [4.69, 9.17) is 9.47 Å². The van der Waals surface area contributed by atoms with Crippen molar-refractivity contribution < 1.29 is 31.5 Å². The van der Waals surface area contributed by atoms with Crippen LogP contribution in [0, 0.1) is 13.8 Å². The highest BCUT2D eigenvalue weighted by Crippen LogP contribution is 2.27. The fourth-order valence-electron chi connectivity index (χ4n) is 3.18. The first-order valence-corrected chi connectivity index (χ1v) is 11.8. The number of aryl methyl sites for hydroxylation is 2. The van der Waals surface area contributed by atoms with Crippen LogP contribution in [0.3, 0.4) is 0 Å². The summed E-state index contributed by atoms with van der Waals surface area (Å²) < 4.78 is 64.1. The van der Waals surface area contributed by atoms with E-state index in [1.165, 1.54) is 20.3 Å². The number of nitrogens with zero attached hydrogens (tertiary/aromatic N) is 2. The molecule has 0 atom stereocenters. The van der Waals surface area contributed by atoms with E-state index in [-0.39, 0.29) is 31.0 Å². The first kappa shape index (κ1) is 26.5. The number of sulfonamides is 1. The molecule has 2 aromatic carbocycles. The molecule has 0 fully saturated rings. The van der Waals surface area contributed by atoms with E-state index in [1.54, 1.807) is 36.4 Å². The van der Waals surface area contributed by atoms with Gasteiger partial charge in [-0.1, -0.05) is 6.07 Å². The van der Waals surface area contributed by atoms with Crippen LogP contribution in [-0.4, -0.2) is 66.1 Å². The van der Waals surface area contributed by atoms with Gasteiger partial charge in [0.05, 0.1) is 30.8 Å². The number of halogens is 2. The van der Waals surface area contributed by atoms with Gasteiger partial charge in [0.25, 0.3) is 16.4 Å². The minimum absolute atomic E-state index is 0.00782. The molecule has 1 amide bonds. The number of carbonyl (C=O) groups is 1. The summed E-state index contributed by atoms with van der Waals surface area (Å²) in [5.74, 6) is -0.0397. The Kier molecular flexibility index (Phi) is 9.60. The number of hydrogen-bond acceptors (Lipinski definition) is 5. The zero-order valence-corrected chi connectivity index (χ0v) is 20.1. The molecule has 2 aromatic rings. The van der Waals surface area contributed by atoms with Crippen molar-refractivity contribution in [1.82, 2.24) is 4.90 Å². The summed E-state index contributed by atoms with van der Waals surface area (Å²) >= 11 is 0. The summed E-state index contributed by atoms with van der Waals surface area (Å²) in [6, 6.07) is 11.2. The van der Waals surface area contributed by atoms with Crippen LogP contribution < -0.4 is 9.04 Å². The van der Waals surface area contributed by atoms with E-state index in [0.717, 1.165) is 20.3 Å². The molecule has 0 unspecified atom stereocenters. The molecule has 7 nitrogen and oxygen atoms in total. The quantitative estimate of drug-likeness (QED) is 0.460. The molecule has 0 spiro atoms. The van der Waals surface area contributed by atoms with E-state index >= 15 is 0 Å². The summed E-state index contributed by atoms with van der Waals surface area (Å²) in [6.07, 6.45) is -2.98. The standard InChI is InChI=1S/C23H30F2N2O5S/c1-17-5-10-21(15-18(17)2)33(29,30)27(19-6-8-20(32-4)9-7-19)12-11-23(28)26(13-14-31-3)16-22(24)25/h5-10,15,22H,11-14,16H2,1-4H3. The third-order valence-corrected chi connectivity index (χ3v) is 7.06. The molecule has 0 aliphatic heterocycles.